The molecule has 119 valence electrons. The van der Waals surface area contributed by atoms with E-state index in [1.807, 2.05) is 0 Å². The summed E-state index contributed by atoms with van der Waals surface area (Å²) in [5.41, 5.74) is 9.14. The molecule has 0 heterocycles. The van der Waals surface area contributed by atoms with E-state index >= 15 is 0 Å². The van der Waals surface area contributed by atoms with Crippen LogP contribution in [0.5, 0.6) is 0 Å². The molecule has 0 saturated heterocycles. The van der Waals surface area contributed by atoms with Gasteiger partial charge in [-0.25, -0.2) is 0 Å². The molecule has 1 unspecified atom stereocenters. The molecule has 0 fully saturated rings. The minimum Gasteiger partial charge on any atom is -1.00 e. The van der Waals surface area contributed by atoms with Gasteiger partial charge in [0, 0.05) is 0 Å². The predicted molar refractivity (Wildman–Crippen MR) is 90.4 cm³/mol. The molecule has 3 rings (SSSR count). The number of halogens is 2. The Labute approximate surface area is 164 Å². The Balaban J connectivity index is 0.00000132. The van der Waals surface area contributed by atoms with Crippen molar-refractivity contribution in [1.29, 1.82) is 0 Å². The first-order valence-electron chi connectivity index (χ1n) is 7.52. The van der Waals surface area contributed by atoms with Gasteiger partial charge in [-0.2, -0.15) is 0 Å². The van der Waals surface area contributed by atoms with Crippen molar-refractivity contribution in [3.8, 4) is 11.1 Å². The molecule has 2 aromatic rings. The normalized spacial score (nSPS) is 15.6. The summed E-state index contributed by atoms with van der Waals surface area (Å²) in [6.07, 6.45) is 0. The molecule has 0 amide bonds. The molecule has 1 atom stereocenters. The summed E-state index contributed by atoms with van der Waals surface area (Å²) in [6.45, 7) is 9.70. The first kappa shape index (κ1) is 20.9. The standard InChI is InChI=1S/C17H15.C2H6Si.2ClH.Zr/c1-12-11-15-9-6-10-16(17(15)13(12)2)14-7-4-3-5-8-14;1-3-2;;;/h3-11H,1-2H3;1-2H3;2*1H;/q;;;;+2/p-2. The van der Waals surface area contributed by atoms with Crippen molar-refractivity contribution in [2.45, 2.75) is 30.6 Å². The molecule has 0 bridgehead atoms. The van der Waals surface area contributed by atoms with E-state index in [4.69, 9.17) is 0 Å². The molecule has 0 nitrogen and oxygen atoms in total. The van der Waals surface area contributed by atoms with Gasteiger partial charge in [-0.3, -0.25) is 0 Å². The third-order valence-corrected chi connectivity index (χ3v) is 13.4. The van der Waals surface area contributed by atoms with Crippen molar-refractivity contribution >= 4 is 11.5 Å². The average molecular weight is 440 g/mol. The van der Waals surface area contributed by atoms with Crippen molar-refractivity contribution in [2.75, 3.05) is 0 Å². The van der Waals surface area contributed by atoms with E-state index in [9.17, 15) is 0 Å². The van der Waals surface area contributed by atoms with Crippen LogP contribution in [0.15, 0.2) is 54.1 Å². The minimum absolute atomic E-state index is 0. The Hall–Kier alpha value is -0.140. The van der Waals surface area contributed by atoms with Gasteiger partial charge >= 0.3 is 141 Å². The van der Waals surface area contributed by atoms with Crippen molar-refractivity contribution in [2.24, 2.45) is 0 Å². The second-order valence-corrected chi connectivity index (χ2v) is 19.2. The molecule has 0 aromatic heterocycles. The van der Waals surface area contributed by atoms with Crippen LogP contribution in [0, 0.1) is 0 Å². The third kappa shape index (κ3) is 4.10. The zero-order valence-electron chi connectivity index (χ0n) is 14.0. The molecule has 1 aliphatic rings. The number of hydrogen-bond acceptors (Lipinski definition) is 0. The zero-order valence-corrected chi connectivity index (χ0v) is 18.9. The van der Waals surface area contributed by atoms with E-state index < -0.39 is 0 Å². The molecule has 0 spiro atoms. The maximum atomic E-state index is 2.50. The number of benzene rings is 2. The predicted octanol–water partition coefficient (Wildman–Crippen LogP) is -0.457. The molecule has 23 heavy (non-hydrogen) atoms. The van der Waals surface area contributed by atoms with Gasteiger partial charge in [0.15, 0.2) is 0 Å². The van der Waals surface area contributed by atoms with Crippen LogP contribution in [0.2, 0.25) is 13.1 Å². The number of allylic oxidation sites excluding steroid dienone is 2. The Morgan fingerprint density at radius 2 is 1.52 bits per heavy atom. The van der Waals surface area contributed by atoms with E-state index in [2.05, 4.69) is 75.5 Å². The summed E-state index contributed by atoms with van der Waals surface area (Å²) in [5.74, 6) is -0.0558. The topological polar surface area (TPSA) is 0 Å². The smallest absolute Gasteiger partial charge is 1.00 e. The second-order valence-electron chi connectivity index (χ2n) is 6.02. The molecular weight excluding hydrogens is 418 g/mol. The number of hydrogen-bond donors (Lipinski definition) is 0. The van der Waals surface area contributed by atoms with Crippen LogP contribution in [-0.2, 0) is 22.4 Å². The maximum Gasteiger partial charge on any atom is -1.00 e. The Morgan fingerprint density at radius 1 is 0.870 bits per heavy atom. The Morgan fingerprint density at radius 3 is 2.13 bits per heavy atom. The van der Waals surface area contributed by atoms with E-state index in [1.54, 1.807) is 16.7 Å². The van der Waals surface area contributed by atoms with E-state index in [1.165, 1.54) is 16.7 Å². The van der Waals surface area contributed by atoms with E-state index in [0.717, 1.165) is 3.63 Å². The number of fused-ring (bicyclic) bond motifs is 1. The average Bonchev–Trinajstić information content (AvgIpc) is 2.73. The molecule has 4 heteroatoms. The van der Waals surface area contributed by atoms with Crippen molar-refractivity contribution in [1.82, 2.24) is 0 Å². The SMILES string of the molecule is CC1=C(C)[CH]([Zr+2][Si](C)C)c2cccc(-c3ccccc3)c21.[Cl-].[Cl-]. The van der Waals surface area contributed by atoms with Crippen LogP contribution < -0.4 is 24.8 Å². The van der Waals surface area contributed by atoms with Gasteiger partial charge in [-0.15, -0.1) is 0 Å². The molecule has 1 radical (unpaired) electrons. The van der Waals surface area contributed by atoms with Crippen LogP contribution in [0.1, 0.15) is 28.6 Å². The summed E-state index contributed by atoms with van der Waals surface area (Å²) in [7, 11) is 0. The fraction of sp³-hybridized carbons (Fsp3) is 0.263. The van der Waals surface area contributed by atoms with Crippen LogP contribution in [0.4, 0.5) is 0 Å². The van der Waals surface area contributed by atoms with Crippen LogP contribution in [0.3, 0.4) is 0 Å². The van der Waals surface area contributed by atoms with Crippen molar-refractivity contribution < 1.29 is 47.2 Å². The molecule has 0 saturated carbocycles. The number of rotatable bonds is 3. The summed E-state index contributed by atoms with van der Waals surface area (Å²) in [6, 6.07) is 17.8. The summed E-state index contributed by atoms with van der Waals surface area (Å²) < 4.78 is 0.816. The second kappa shape index (κ2) is 8.81. The third-order valence-electron chi connectivity index (χ3n) is 4.33. The van der Waals surface area contributed by atoms with Gasteiger partial charge in [0.05, 0.1) is 0 Å². The van der Waals surface area contributed by atoms with E-state index in [0.29, 0.717) is 0 Å². The molecular formula is C19H21Cl2SiZr. The van der Waals surface area contributed by atoms with Gasteiger partial charge in [0.2, 0.25) is 0 Å². The van der Waals surface area contributed by atoms with Crippen LogP contribution in [-0.4, -0.2) is 5.92 Å². The van der Waals surface area contributed by atoms with Crippen molar-refractivity contribution in [3.05, 3.63) is 65.2 Å². The van der Waals surface area contributed by atoms with Gasteiger partial charge in [-0.1, -0.05) is 0 Å². The quantitative estimate of drug-likeness (QED) is 0.568. The molecule has 0 N–H and O–H groups in total. The minimum atomic E-state index is -0.323. The Kier molecular flexibility index (Phi) is 8.01. The molecule has 0 aliphatic heterocycles. The first-order valence-corrected chi connectivity index (χ1v) is 15.1. The largest absolute Gasteiger partial charge is 1.00 e. The molecule has 1 aliphatic carbocycles. The zero-order chi connectivity index (χ0) is 15.0. The van der Waals surface area contributed by atoms with Gasteiger partial charge < -0.3 is 24.8 Å². The summed E-state index contributed by atoms with van der Waals surface area (Å²) in [4.78, 5) is 0. The van der Waals surface area contributed by atoms with Crippen LogP contribution in [0.25, 0.3) is 16.7 Å². The van der Waals surface area contributed by atoms with Crippen molar-refractivity contribution in [3.63, 3.8) is 0 Å². The van der Waals surface area contributed by atoms with Gasteiger partial charge in [-0.05, 0) is 0 Å². The first-order chi connectivity index (χ1) is 10.1. The van der Waals surface area contributed by atoms with Crippen LogP contribution >= 0.6 is 0 Å². The summed E-state index contributed by atoms with van der Waals surface area (Å²) in [5, 5.41) is 0. The maximum absolute atomic E-state index is 2.50. The van der Waals surface area contributed by atoms with E-state index in [-0.39, 0.29) is 53.1 Å². The fourth-order valence-corrected chi connectivity index (χ4v) is 12.3. The fourth-order valence-electron chi connectivity index (χ4n) is 3.21. The van der Waals surface area contributed by atoms with Gasteiger partial charge in [0.1, 0.15) is 0 Å². The monoisotopic (exact) mass is 437 g/mol. The summed E-state index contributed by atoms with van der Waals surface area (Å²) >= 11 is -0.323. The van der Waals surface area contributed by atoms with Gasteiger partial charge in [0.25, 0.3) is 0 Å². The molecule has 2 aromatic carbocycles. The Bertz CT molecular complexity index is 696.